The third-order valence-electron chi connectivity index (χ3n) is 6.10. The lowest BCUT2D eigenvalue weighted by Gasteiger charge is -2.27. The second-order valence-corrected chi connectivity index (χ2v) is 9.48. The summed E-state index contributed by atoms with van der Waals surface area (Å²) in [5.41, 5.74) is 0.428. The van der Waals surface area contributed by atoms with Crippen LogP contribution in [0.1, 0.15) is 34.5 Å². The number of fused-ring (bicyclic) bond motifs is 1. The summed E-state index contributed by atoms with van der Waals surface area (Å²) in [5, 5.41) is 17.2. The molecule has 0 bridgehead atoms. The number of carbonyl (C=O) groups is 2. The Morgan fingerprint density at radius 1 is 1.17 bits per heavy atom. The highest BCUT2D eigenvalue weighted by atomic mass is 35.5. The highest BCUT2D eigenvalue weighted by molar-refractivity contribution is 6.32. The van der Waals surface area contributed by atoms with Crippen LogP contribution in [0.25, 0.3) is 11.1 Å². The zero-order valence-corrected chi connectivity index (χ0v) is 22.1. The predicted octanol–water partition coefficient (Wildman–Crippen LogP) is 5.84. The SMILES string of the molecule is CC1=C(C(=O)Nc2cc(C(=O)O)ccn2)C(c2cccc(CC(F)(F)F)c2Cl)N=C(Nc2nc3ccc(F)cc3o2)N1. The maximum Gasteiger partial charge on any atom is 0.393 e. The molecule has 2 aromatic carbocycles. The molecule has 3 heterocycles. The van der Waals surface area contributed by atoms with E-state index in [-0.39, 0.29) is 56.4 Å². The number of guanidine groups is 1. The van der Waals surface area contributed by atoms with Gasteiger partial charge in [-0.2, -0.15) is 18.2 Å². The number of carboxylic acid groups (broad SMARTS) is 1. The third-order valence-corrected chi connectivity index (χ3v) is 6.57. The number of oxazole rings is 1. The maximum atomic E-state index is 13.6. The molecule has 0 radical (unpaired) electrons. The van der Waals surface area contributed by atoms with Crippen LogP contribution >= 0.6 is 11.6 Å². The molecule has 1 amide bonds. The van der Waals surface area contributed by atoms with Gasteiger partial charge in [0.15, 0.2) is 5.58 Å². The summed E-state index contributed by atoms with van der Waals surface area (Å²) in [6.45, 7) is 1.52. The number of allylic oxidation sites excluding steroid dienone is 1. The fraction of sp³-hybridized carbons (Fsp3) is 0.148. The number of rotatable bonds is 6. The Labute approximate surface area is 239 Å². The van der Waals surface area contributed by atoms with Gasteiger partial charge in [-0.3, -0.25) is 10.1 Å². The van der Waals surface area contributed by atoms with Crippen molar-refractivity contribution in [3.8, 4) is 0 Å². The summed E-state index contributed by atoms with van der Waals surface area (Å²) in [7, 11) is 0. The highest BCUT2D eigenvalue weighted by Gasteiger charge is 2.34. The van der Waals surface area contributed by atoms with Gasteiger partial charge in [-0.1, -0.05) is 29.8 Å². The van der Waals surface area contributed by atoms with Crippen LogP contribution in [0.5, 0.6) is 0 Å². The number of nitrogens with zero attached hydrogens (tertiary/aromatic N) is 3. The van der Waals surface area contributed by atoms with E-state index in [2.05, 4.69) is 30.9 Å². The number of carbonyl (C=O) groups excluding carboxylic acids is 1. The van der Waals surface area contributed by atoms with E-state index in [9.17, 15) is 32.3 Å². The molecule has 4 N–H and O–H groups in total. The number of alkyl halides is 3. The molecule has 10 nitrogen and oxygen atoms in total. The number of halogens is 5. The normalized spacial score (nSPS) is 15.3. The molecule has 216 valence electrons. The van der Waals surface area contributed by atoms with Crippen molar-refractivity contribution in [1.29, 1.82) is 0 Å². The molecule has 0 saturated heterocycles. The first-order valence-electron chi connectivity index (χ1n) is 12.1. The summed E-state index contributed by atoms with van der Waals surface area (Å²) in [5.74, 6) is -2.62. The summed E-state index contributed by atoms with van der Waals surface area (Å²) in [6, 6.07) is 8.84. The Kier molecular flexibility index (Phi) is 7.56. The first-order chi connectivity index (χ1) is 19.9. The fourth-order valence-corrected chi connectivity index (χ4v) is 4.59. The van der Waals surface area contributed by atoms with Crippen molar-refractivity contribution in [2.24, 2.45) is 4.99 Å². The fourth-order valence-electron chi connectivity index (χ4n) is 4.29. The molecular weight excluding hydrogens is 584 g/mol. The molecule has 4 aromatic rings. The van der Waals surface area contributed by atoms with Crippen LogP contribution in [-0.4, -0.2) is 39.1 Å². The Hall–Kier alpha value is -4.98. The third kappa shape index (κ3) is 6.17. The smallest absolute Gasteiger partial charge is 0.393 e. The van der Waals surface area contributed by atoms with Crippen LogP contribution < -0.4 is 16.0 Å². The van der Waals surface area contributed by atoms with E-state index in [1.165, 1.54) is 49.5 Å². The van der Waals surface area contributed by atoms with E-state index in [1.54, 1.807) is 0 Å². The molecule has 1 aliphatic rings. The van der Waals surface area contributed by atoms with Crippen LogP contribution in [0.15, 0.2) is 75.4 Å². The van der Waals surface area contributed by atoms with Gasteiger partial charge in [0.25, 0.3) is 5.91 Å². The van der Waals surface area contributed by atoms with Gasteiger partial charge in [-0.25, -0.2) is 19.2 Å². The van der Waals surface area contributed by atoms with Crippen molar-refractivity contribution in [1.82, 2.24) is 15.3 Å². The number of aliphatic imine (C=N–C) groups is 1. The van der Waals surface area contributed by atoms with Gasteiger partial charge < -0.3 is 20.2 Å². The van der Waals surface area contributed by atoms with Gasteiger partial charge in [0, 0.05) is 28.5 Å². The van der Waals surface area contributed by atoms with Crippen molar-refractivity contribution in [2.45, 2.75) is 25.6 Å². The van der Waals surface area contributed by atoms with Gasteiger partial charge in [0.1, 0.15) is 23.2 Å². The number of benzene rings is 2. The van der Waals surface area contributed by atoms with E-state index in [4.69, 9.17) is 16.0 Å². The number of nitrogens with one attached hydrogen (secondary N) is 3. The molecular formula is C27H19ClF4N6O4. The highest BCUT2D eigenvalue weighted by Crippen LogP contribution is 2.38. The molecule has 0 saturated carbocycles. The molecule has 0 spiro atoms. The van der Waals surface area contributed by atoms with Crippen LogP contribution in [-0.2, 0) is 11.2 Å². The number of aromatic nitrogens is 2. The van der Waals surface area contributed by atoms with Gasteiger partial charge in [0.2, 0.25) is 5.96 Å². The first-order valence-corrected chi connectivity index (χ1v) is 12.5. The Bertz CT molecular complexity index is 1790. The number of carboxylic acids is 1. The van der Waals surface area contributed by atoms with Crippen molar-refractivity contribution in [3.63, 3.8) is 0 Å². The van der Waals surface area contributed by atoms with Gasteiger partial charge in [-0.05, 0) is 36.8 Å². The second-order valence-electron chi connectivity index (χ2n) is 9.10. The van der Waals surface area contributed by atoms with Gasteiger partial charge in [-0.15, -0.1) is 0 Å². The average Bonchev–Trinajstić information content (AvgIpc) is 3.30. The lowest BCUT2D eigenvalue weighted by atomic mass is 9.93. The monoisotopic (exact) mass is 602 g/mol. The summed E-state index contributed by atoms with van der Waals surface area (Å²) < 4.78 is 58.8. The number of hydrogen-bond donors (Lipinski definition) is 4. The van der Waals surface area contributed by atoms with Crippen LogP contribution in [0, 0.1) is 5.82 Å². The number of hydrogen-bond acceptors (Lipinski definition) is 8. The minimum absolute atomic E-state index is 0.00405. The number of aromatic carboxylic acids is 1. The average molecular weight is 603 g/mol. The van der Waals surface area contributed by atoms with E-state index < -0.39 is 36.3 Å². The summed E-state index contributed by atoms with van der Waals surface area (Å²) in [6.07, 6.45) is -4.67. The molecule has 5 rings (SSSR count). The number of anilines is 2. The zero-order chi connectivity index (χ0) is 30.2. The molecule has 1 unspecified atom stereocenters. The topological polar surface area (TPSA) is 142 Å². The molecule has 1 atom stereocenters. The molecule has 0 fully saturated rings. The van der Waals surface area contributed by atoms with Gasteiger partial charge in [0.05, 0.1) is 17.6 Å². The minimum Gasteiger partial charge on any atom is -0.478 e. The second kappa shape index (κ2) is 11.1. The number of pyridine rings is 1. The quantitative estimate of drug-likeness (QED) is 0.202. The van der Waals surface area contributed by atoms with Crippen molar-refractivity contribution >= 4 is 52.4 Å². The van der Waals surface area contributed by atoms with Crippen molar-refractivity contribution in [3.05, 3.63) is 93.5 Å². The lowest BCUT2D eigenvalue weighted by Crippen LogP contribution is -2.37. The van der Waals surface area contributed by atoms with E-state index in [1.807, 2.05) is 0 Å². The Balaban J connectivity index is 1.54. The van der Waals surface area contributed by atoms with E-state index >= 15 is 0 Å². The predicted molar refractivity (Wildman–Crippen MR) is 145 cm³/mol. The van der Waals surface area contributed by atoms with Crippen molar-refractivity contribution in [2.75, 3.05) is 10.6 Å². The number of amides is 1. The summed E-state index contributed by atoms with van der Waals surface area (Å²) in [4.78, 5) is 37.5. The van der Waals surface area contributed by atoms with E-state index in [0.29, 0.717) is 5.52 Å². The van der Waals surface area contributed by atoms with Gasteiger partial charge >= 0.3 is 18.2 Å². The Morgan fingerprint density at radius 2 is 1.95 bits per heavy atom. The van der Waals surface area contributed by atoms with Crippen LogP contribution in [0.3, 0.4) is 0 Å². The molecule has 2 aromatic heterocycles. The van der Waals surface area contributed by atoms with Crippen LogP contribution in [0.4, 0.5) is 29.4 Å². The zero-order valence-electron chi connectivity index (χ0n) is 21.4. The molecule has 42 heavy (non-hydrogen) atoms. The molecule has 0 aliphatic carbocycles. The van der Waals surface area contributed by atoms with Crippen molar-refractivity contribution < 1.29 is 36.7 Å². The minimum atomic E-state index is -4.55. The lowest BCUT2D eigenvalue weighted by molar-refractivity contribution is -0.127. The standard InChI is InChI=1S/C27H19ClF4N6O4/c1-12-20(23(39)36-19-9-13(24(40)41)7-8-33-19)22(16-4-2-3-14(21(16)28)11-27(30,31)32)37-25(34-12)38-26-35-17-6-5-15(29)10-18(17)42-26/h2-10,22H,11H2,1H3,(H,40,41)(H,33,36,39)(H2,34,35,37,38). The maximum absolute atomic E-state index is 13.6. The largest absolute Gasteiger partial charge is 0.478 e. The molecule has 15 heteroatoms. The van der Waals surface area contributed by atoms with E-state index in [0.717, 1.165) is 12.1 Å². The Morgan fingerprint density at radius 3 is 2.69 bits per heavy atom. The molecule has 1 aliphatic heterocycles. The first kappa shape index (κ1) is 28.5. The summed E-state index contributed by atoms with van der Waals surface area (Å²) >= 11 is 6.45. The van der Waals surface area contributed by atoms with Crippen LogP contribution in [0.2, 0.25) is 5.02 Å².